The summed E-state index contributed by atoms with van der Waals surface area (Å²) in [7, 11) is 1.33. The number of alkyl carbamates (subject to hydrolysis) is 1. The van der Waals surface area contributed by atoms with E-state index in [0.29, 0.717) is 12.3 Å². The van der Waals surface area contributed by atoms with Crippen molar-refractivity contribution in [2.45, 2.75) is 64.8 Å². The van der Waals surface area contributed by atoms with Crippen LogP contribution in [-0.2, 0) is 9.53 Å². The number of nitrogens with zero attached hydrogens (tertiary/aromatic N) is 2. The van der Waals surface area contributed by atoms with Crippen LogP contribution >= 0.6 is 0 Å². The van der Waals surface area contributed by atoms with Gasteiger partial charge in [-0.2, -0.15) is 0 Å². The summed E-state index contributed by atoms with van der Waals surface area (Å²) < 4.78 is 4.70. The molecule has 6 nitrogen and oxygen atoms in total. The Balaban J connectivity index is 1.88. The predicted octanol–water partition coefficient (Wildman–Crippen LogP) is 2.87. The number of methoxy groups -OCH3 is 1. The number of ether oxygens (including phenoxy) is 1. The lowest BCUT2D eigenvalue weighted by molar-refractivity contribution is -0.133. The molecule has 150 valence electrons. The third-order valence-electron chi connectivity index (χ3n) is 5.62. The molecule has 1 unspecified atom stereocenters. The van der Waals surface area contributed by atoms with Gasteiger partial charge in [0.15, 0.2) is 0 Å². The van der Waals surface area contributed by atoms with E-state index in [9.17, 15) is 9.59 Å². The monoisotopic (exact) mass is 367 g/mol. The molecule has 1 aliphatic carbocycles. The standard InChI is InChI=1S/C20H37N3O3/c1-16(2)14-18(21-20(25)26-3)19(24)23-11-7-10-22(12-13-23)15-17-8-5-4-6-9-17/h16-18H,4-15H2,1-3H3,(H,21,25). The normalized spacial score (nSPS) is 21.3. The highest BCUT2D eigenvalue weighted by Gasteiger charge is 2.29. The molecular formula is C20H37N3O3. The molecule has 2 amide bonds. The van der Waals surface area contributed by atoms with E-state index >= 15 is 0 Å². The van der Waals surface area contributed by atoms with Gasteiger partial charge >= 0.3 is 6.09 Å². The van der Waals surface area contributed by atoms with Crippen LogP contribution in [0.2, 0.25) is 0 Å². The summed E-state index contributed by atoms with van der Waals surface area (Å²) in [5, 5.41) is 2.73. The van der Waals surface area contributed by atoms with Crippen molar-refractivity contribution in [3.8, 4) is 0 Å². The van der Waals surface area contributed by atoms with Crippen LogP contribution in [0, 0.1) is 11.8 Å². The molecule has 1 aliphatic heterocycles. The Kier molecular flexibility index (Phi) is 8.69. The van der Waals surface area contributed by atoms with Gasteiger partial charge in [0, 0.05) is 26.2 Å². The molecule has 2 fully saturated rings. The lowest BCUT2D eigenvalue weighted by atomic mass is 9.89. The van der Waals surface area contributed by atoms with Gasteiger partial charge in [-0.05, 0) is 44.1 Å². The van der Waals surface area contributed by atoms with E-state index in [2.05, 4.69) is 24.1 Å². The summed E-state index contributed by atoms with van der Waals surface area (Å²) in [6, 6.07) is -0.493. The van der Waals surface area contributed by atoms with Crippen molar-refractivity contribution in [1.29, 1.82) is 0 Å². The topological polar surface area (TPSA) is 61.9 Å². The Morgan fingerprint density at radius 2 is 1.77 bits per heavy atom. The van der Waals surface area contributed by atoms with Crippen LogP contribution in [0.1, 0.15) is 58.8 Å². The smallest absolute Gasteiger partial charge is 0.407 e. The molecule has 0 aromatic rings. The number of carbonyl (C=O) groups is 2. The van der Waals surface area contributed by atoms with Gasteiger partial charge in [-0.25, -0.2) is 4.79 Å². The van der Waals surface area contributed by atoms with Gasteiger partial charge in [-0.1, -0.05) is 33.1 Å². The van der Waals surface area contributed by atoms with Crippen LogP contribution < -0.4 is 5.32 Å². The van der Waals surface area contributed by atoms with Gasteiger partial charge in [0.05, 0.1) is 7.11 Å². The Morgan fingerprint density at radius 1 is 1.04 bits per heavy atom. The van der Waals surface area contributed by atoms with E-state index in [4.69, 9.17) is 4.74 Å². The molecule has 1 heterocycles. The van der Waals surface area contributed by atoms with E-state index in [0.717, 1.165) is 38.5 Å². The fraction of sp³-hybridized carbons (Fsp3) is 0.900. The first-order chi connectivity index (χ1) is 12.5. The summed E-state index contributed by atoms with van der Waals surface area (Å²) in [4.78, 5) is 29.1. The second-order valence-electron chi connectivity index (χ2n) is 8.30. The van der Waals surface area contributed by atoms with Gasteiger partial charge in [-0.15, -0.1) is 0 Å². The van der Waals surface area contributed by atoms with Crippen molar-refractivity contribution in [2.75, 3.05) is 39.8 Å². The highest BCUT2D eigenvalue weighted by atomic mass is 16.5. The van der Waals surface area contributed by atoms with Crippen LogP contribution in [0.5, 0.6) is 0 Å². The van der Waals surface area contributed by atoms with Crippen LogP contribution in [-0.4, -0.2) is 67.7 Å². The maximum absolute atomic E-state index is 13.0. The van der Waals surface area contributed by atoms with Crippen molar-refractivity contribution in [1.82, 2.24) is 15.1 Å². The third-order valence-corrected chi connectivity index (χ3v) is 5.62. The van der Waals surface area contributed by atoms with Crippen molar-refractivity contribution in [2.24, 2.45) is 11.8 Å². The molecule has 0 aromatic carbocycles. The third kappa shape index (κ3) is 6.78. The first-order valence-electron chi connectivity index (χ1n) is 10.3. The maximum Gasteiger partial charge on any atom is 0.407 e. The molecule has 1 saturated heterocycles. The van der Waals surface area contributed by atoms with Crippen LogP contribution in [0.25, 0.3) is 0 Å². The molecule has 0 bridgehead atoms. The van der Waals surface area contributed by atoms with Gasteiger partial charge in [-0.3, -0.25) is 4.79 Å². The van der Waals surface area contributed by atoms with E-state index < -0.39 is 12.1 Å². The van der Waals surface area contributed by atoms with E-state index in [-0.39, 0.29) is 5.91 Å². The van der Waals surface area contributed by atoms with Crippen molar-refractivity contribution in [3.05, 3.63) is 0 Å². The Hall–Kier alpha value is -1.30. The van der Waals surface area contributed by atoms with Crippen LogP contribution in [0.3, 0.4) is 0 Å². The molecule has 0 aromatic heterocycles. The second-order valence-corrected chi connectivity index (χ2v) is 8.30. The van der Waals surface area contributed by atoms with E-state index in [1.807, 2.05) is 4.90 Å². The molecule has 1 atom stereocenters. The minimum absolute atomic E-state index is 0.0311. The van der Waals surface area contributed by atoms with Crippen LogP contribution in [0.15, 0.2) is 0 Å². The number of rotatable bonds is 6. The van der Waals surface area contributed by atoms with E-state index in [1.54, 1.807) is 0 Å². The molecule has 1 N–H and O–H groups in total. The van der Waals surface area contributed by atoms with Crippen molar-refractivity contribution >= 4 is 12.0 Å². The minimum Gasteiger partial charge on any atom is -0.453 e. The molecule has 6 heteroatoms. The lowest BCUT2D eigenvalue weighted by Crippen LogP contribution is -2.50. The maximum atomic E-state index is 13.0. The SMILES string of the molecule is COC(=O)NC(CC(C)C)C(=O)N1CCCN(CC2CCCCC2)CC1. The number of hydrogen-bond acceptors (Lipinski definition) is 4. The molecule has 0 spiro atoms. The minimum atomic E-state index is -0.530. The fourth-order valence-electron chi connectivity index (χ4n) is 4.22. The Bertz CT molecular complexity index is 450. The quantitative estimate of drug-likeness (QED) is 0.784. The molecular weight excluding hydrogens is 330 g/mol. The number of hydrogen-bond donors (Lipinski definition) is 1. The summed E-state index contributed by atoms with van der Waals surface area (Å²) in [5.74, 6) is 1.19. The molecule has 2 rings (SSSR count). The van der Waals surface area contributed by atoms with Crippen molar-refractivity contribution in [3.63, 3.8) is 0 Å². The summed E-state index contributed by atoms with van der Waals surface area (Å²) >= 11 is 0. The number of carbonyl (C=O) groups excluding carboxylic acids is 2. The average molecular weight is 368 g/mol. The Morgan fingerprint density at radius 3 is 2.42 bits per heavy atom. The van der Waals surface area contributed by atoms with Gasteiger partial charge in [0.25, 0.3) is 0 Å². The zero-order valence-electron chi connectivity index (χ0n) is 16.8. The summed E-state index contributed by atoms with van der Waals surface area (Å²) in [5.41, 5.74) is 0. The zero-order valence-corrected chi connectivity index (χ0v) is 16.8. The molecule has 26 heavy (non-hydrogen) atoms. The van der Waals surface area contributed by atoms with E-state index in [1.165, 1.54) is 45.8 Å². The highest BCUT2D eigenvalue weighted by molar-refractivity contribution is 5.85. The first-order valence-corrected chi connectivity index (χ1v) is 10.3. The largest absolute Gasteiger partial charge is 0.453 e. The summed E-state index contributed by atoms with van der Waals surface area (Å²) in [6.45, 7) is 8.84. The van der Waals surface area contributed by atoms with Gasteiger partial charge < -0.3 is 19.9 Å². The van der Waals surface area contributed by atoms with Crippen LogP contribution in [0.4, 0.5) is 4.79 Å². The molecule has 2 aliphatic rings. The predicted molar refractivity (Wildman–Crippen MR) is 103 cm³/mol. The highest BCUT2D eigenvalue weighted by Crippen LogP contribution is 2.24. The summed E-state index contributed by atoms with van der Waals surface area (Å²) in [6.07, 6.45) is 7.97. The number of nitrogens with one attached hydrogen (secondary N) is 1. The number of amides is 2. The van der Waals surface area contributed by atoms with Crippen molar-refractivity contribution < 1.29 is 14.3 Å². The molecule has 0 radical (unpaired) electrons. The first kappa shape index (κ1) is 21.0. The molecule has 1 saturated carbocycles. The fourth-order valence-corrected chi connectivity index (χ4v) is 4.22. The lowest BCUT2D eigenvalue weighted by Gasteiger charge is -2.29. The zero-order chi connectivity index (χ0) is 18.9. The van der Waals surface area contributed by atoms with Gasteiger partial charge in [0.2, 0.25) is 5.91 Å². The second kappa shape index (κ2) is 10.8. The average Bonchev–Trinajstić information content (AvgIpc) is 2.86. The Labute approximate surface area is 158 Å². The van der Waals surface area contributed by atoms with Gasteiger partial charge in [0.1, 0.15) is 6.04 Å².